The van der Waals surface area contributed by atoms with Crippen molar-refractivity contribution in [3.8, 4) is 0 Å². The van der Waals surface area contributed by atoms with Gasteiger partial charge in [0.15, 0.2) is 0 Å². The van der Waals surface area contributed by atoms with Gasteiger partial charge >= 0.3 is 0 Å². The number of rotatable bonds is 23. The average Bonchev–Trinajstić information content (AvgIpc) is 2.80. The van der Waals surface area contributed by atoms with E-state index in [9.17, 15) is 9.59 Å². The van der Waals surface area contributed by atoms with Crippen molar-refractivity contribution in [2.45, 2.75) is 89.6 Å². The highest BCUT2D eigenvalue weighted by Crippen LogP contribution is 2.10. The molecule has 1 aliphatic rings. The summed E-state index contributed by atoms with van der Waals surface area (Å²) in [6.07, 6.45) is 16.8. The normalized spacial score (nSPS) is 16.6. The van der Waals surface area contributed by atoms with Gasteiger partial charge in [0.1, 0.15) is 12.6 Å². The number of carbonyl (C=O) groups excluding carboxylic acids is 2. The third-order valence-corrected chi connectivity index (χ3v) is 6.55. The van der Waals surface area contributed by atoms with E-state index in [1.165, 1.54) is 64.5 Å². The van der Waals surface area contributed by atoms with Crippen molar-refractivity contribution in [2.75, 3.05) is 51.8 Å². The van der Waals surface area contributed by atoms with E-state index >= 15 is 0 Å². The van der Waals surface area contributed by atoms with Crippen LogP contribution in [0.3, 0.4) is 0 Å². The summed E-state index contributed by atoms with van der Waals surface area (Å²) in [4.78, 5) is 23.4. The van der Waals surface area contributed by atoms with Crippen LogP contribution in [0.15, 0.2) is 0 Å². The molecule has 7 heteroatoms. The monoisotopic (exact) mass is 458 g/mol. The molecule has 0 radical (unpaired) electrons. The first-order valence-corrected chi connectivity index (χ1v) is 13.5. The van der Waals surface area contributed by atoms with Gasteiger partial charge in [-0.1, -0.05) is 50.5 Å². The lowest BCUT2D eigenvalue weighted by molar-refractivity contribution is -0.108. The number of hydrogen-bond acceptors (Lipinski definition) is 7. The Bertz CT molecular complexity index is 387. The Morgan fingerprint density at radius 3 is 1.94 bits per heavy atom. The molecule has 0 aromatic rings. The molecule has 1 heterocycles. The standard InChI is InChI=1S/C24H46N2O4S/c27-18-11-7-3-1-5-9-15-26(16-10-6-2-4-8-12-19-28)17-13-14-25-31-23-24-22-29-20-21-30-24/h18-19,24-25H,1-17,20-23H2. The molecule has 6 nitrogen and oxygen atoms in total. The lowest BCUT2D eigenvalue weighted by Gasteiger charge is -2.23. The van der Waals surface area contributed by atoms with Crippen LogP contribution in [0.2, 0.25) is 0 Å². The van der Waals surface area contributed by atoms with Crippen LogP contribution < -0.4 is 4.72 Å². The van der Waals surface area contributed by atoms with Crippen LogP contribution in [0.5, 0.6) is 0 Å². The summed E-state index contributed by atoms with van der Waals surface area (Å²) in [5.74, 6) is 0.942. The van der Waals surface area contributed by atoms with Crippen molar-refractivity contribution in [3.63, 3.8) is 0 Å². The molecular formula is C24H46N2O4S. The molecule has 1 fully saturated rings. The van der Waals surface area contributed by atoms with Crippen molar-refractivity contribution in [1.29, 1.82) is 0 Å². The Hall–Kier alpha value is -0.470. The maximum atomic E-state index is 10.4. The third-order valence-electron chi connectivity index (χ3n) is 5.60. The quantitative estimate of drug-likeness (QED) is 0.138. The number of carbonyl (C=O) groups is 2. The lowest BCUT2D eigenvalue weighted by atomic mass is 10.1. The molecule has 1 N–H and O–H groups in total. The van der Waals surface area contributed by atoms with Crippen molar-refractivity contribution in [2.24, 2.45) is 0 Å². The smallest absolute Gasteiger partial charge is 0.119 e. The summed E-state index contributed by atoms with van der Waals surface area (Å²) in [6, 6.07) is 0. The number of hydrogen-bond donors (Lipinski definition) is 1. The average molecular weight is 459 g/mol. The Morgan fingerprint density at radius 1 is 0.774 bits per heavy atom. The van der Waals surface area contributed by atoms with Crippen LogP contribution in [0.1, 0.15) is 83.5 Å². The van der Waals surface area contributed by atoms with Crippen molar-refractivity contribution < 1.29 is 19.1 Å². The van der Waals surface area contributed by atoms with Gasteiger partial charge in [0.2, 0.25) is 0 Å². The van der Waals surface area contributed by atoms with Crippen LogP contribution >= 0.6 is 11.9 Å². The highest BCUT2D eigenvalue weighted by Gasteiger charge is 2.13. The fraction of sp³-hybridized carbons (Fsp3) is 0.917. The molecular weight excluding hydrogens is 412 g/mol. The summed E-state index contributed by atoms with van der Waals surface area (Å²) in [5.41, 5.74) is 0. The highest BCUT2D eigenvalue weighted by molar-refractivity contribution is 7.97. The predicted molar refractivity (Wildman–Crippen MR) is 130 cm³/mol. The van der Waals surface area contributed by atoms with E-state index in [4.69, 9.17) is 9.47 Å². The molecule has 0 aromatic heterocycles. The lowest BCUT2D eigenvalue weighted by Crippen LogP contribution is -2.32. The van der Waals surface area contributed by atoms with Gasteiger partial charge in [-0.2, -0.15) is 0 Å². The van der Waals surface area contributed by atoms with Crippen LogP contribution in [0.25, 0.3) is 0 Å². The highest BCUT2D eigenvalue weighted by atomic mass is 32.2. The number of ether oxygens (including phenoxy) is 2. The first-order valence-electron chi connectivity index (χ1n) is 12.5. The van der Waals surface area contributed by atoms with Gasteiger partial charge in [-0.05, 0) is 51.7 Å². The van der Waals surface area contributed by atoms with Gasteiger partial charge in [0.05, 0.1) is 25.9 Å². The van der Waals surface area contributed by atoms with Crippen LogP contribution in [-0.2, 0) is 19.1 Å². The molecule has 1 rings (SSSR count). The van der Waals surface area contributed by atoms with Crippen LogP contribution in [-0.4, -0.2) is 75.3 Å². The third kappa shape index (κ3) is 18.8. The summed E-state index contributed by atoms with van der Waals surface area (Å²) < 4.78 is 14.6. The van der Waals surface area contributed by atoms with Gasteiger partial charge < -0.3 is 24.0 Å². The zero-order valence-electron chi connectivity index (χ0n) is 19.6. The minimum Gasteiger partial charge on any atom is -0.376 e. The van der Waals surface area contributed by atoms with Gasteiger partial charge in [0.25, 0.3) is 0 Å². The fourth-order valence-corrected chi connectivity index (χ4v) is 4.54. The van der Waals surface area contributed by atoms with E-state index < -0.39 is 0 Å². The molecule has 0 aromatic carbocycles. The summed E-state index contributed by atoms with van der Waals surface area (Å²) in [5, 5.41) is 0. The summed E-state index contributed by atoms with van der Waals surface area (Å²) in [7, 11) is 0. The Labute approximate surface area is 194 Å². The van der Waals surface area contributed by atoms with Crippen molar-refractivity contribution in [3.05, 3.63) is 0 Å². The molecule has 0 spiro atoms. The molecule has 1 atom stereocenters. The maximum Gasteiger partial charge on any atom is 0.119 e. The van der Waals surface area contributed by atoms with Gasteiger partial charge in [0, 0.05) is 25.1 Å². The first-order chi connectivity index (χ1) is 15.4. The minimum absolute atomic E-state index is 0.223. The summed E-state index contributed by atoms with van der Waals surface area (Å²) >= 11 is 1.75. The first kappa shape index (κ1) is 28.6. The van der Waals surface area contributed by atoms with Crippen molar-refractivity contribution in [1.82, 2.24) is 9.62 Å². The molecule has 0 aliphatic carbocycles. The van der Waals surface area contributed by atoms with Crippen LogP contribution in [0.4, 0.5) is 0 Å². The molecule has 1 unspecified atom stereocenters. The maximum absolute atomic E-state index is 10.4. The minimum atomic E-state index is 0.223. The molecule has 0 amide bonds. The molecule has 182 valence electrons. The van der Waals surface area contributed by atoms with Crippen molar-refractivity contribution >= 4 is 24.5 Å². The van der Waals surface area contributed by atoms with E-state index in [0.29, 0.717) is 26.1 Å². The number of nitrogens with one attached hydrogen (secondary N) is 1. The van der Waals surface area contributed by atoms with E-state index in [2.05, 4.69) is 9.62 Å². The largest absolute Gasteiger partial charge is 0.376 e. The number of nitrogens with zero attached hydrogens (tertiary/aromatic N) is 1. The molecule has 31 heavy (non-hydrogen) atoms. The Morgan fingerprint density at radius 2 is 1.35 bits per heavy atom. The second kappa shape index (κ2) is 22.7. The number of aldehydes is 2. The van der Waals surface area contributed by atoms with Crippen LogP contribution in [0, 0.1) is 0 Å². The fourth-order valence-electron chi connectivity index (χ4n) is 3.75. The van der Waals surface area contributed by atoms with Gasteiger partial charge in [-0.25, -0.2) is 0 Å². The zero-order valence-corrected chi connectivity index (χ0v) is 20.4. The molecule has 0 bridgehead atoms. The van der Waals surface area contributed by atoms with E-state index in [1.807, 2.05) is 0 Å². The Kier molecular flexibility index (Phi) is 20.9. The number of unbranched alkanes of at least 4 members (excludes halogenated alkanes) is 10. The van der Waals surface area contributed by atoms with E-state index in [-0.39, 0.29) is 6.10 Å². The Balaban J connectivity index is 2.09. The van der Waals surface area contributed by atoms with Gasteiger partial charge in [-0.15, -0.1) is 0 Å². The van der Waals surface area contributed by atoms with E-state index in [0.717, 1.165) is 57.3 Å². The second-order valence-corrected chi connectivity index (χ2v) is 9.33. The molecule has 1 saturated heterocycles. The SMILES string of the molecule is O=CCCCCCCCN(CCCCCCCC=O)CCCNSCC1COCCO1. The molecule has 0 saturated carbocycles. The predicted octanol–water partition coefficient (Wildman–Crippen LogP) is 4.41. The summed E-state index contributed by atoms with van der Waals surface area (Å²) in [6.45, 7) is 6.68. The molecule has 1 aliphatic heterocycles. The second-order valence-electron chi connectivity index (χ2n) is 8.41. The van der Waals surface area contributed by atoms with Gasteiger partial charge in [-0.3, -0.25) is 4.72 Å². The zero-order chi connectivity index (χ0) is 22.2. The van der Waals surface area contributed by atoms with E-state index in [1.54, 1.807) is 11.9 Å². The topological polar surface area (TPSA) is 67.9 Å².